The third-order valence-corrected chi connectivity index (χ3v) is 8.15. The first-order valence-corrected chi connectivity index (χ1v) is 14.5. The summed E-state index contributed by atoms with van der Waals surface area (Å²) in [7, 11) is -0.720. The number of nitrogens with one attached hydrogen (secondary N) is 1. The Kier molecular flexibility index (Phi) is 6.34. The first-order chi connectivity index (χ1) is 19.6. The molecule has 10 heteroatoms. The summed E-state index contributed by atoms with van der Waals surface area (Å²) in [6.07, 6.45) is 2.73. The lowest BCUT2D eigenvalue weighted by molar-refractivity contribution is 0.0964. The smallest absolute Gasteiger partial charge is 0.255 e. The molecule has 0 radical (unpaired) electrons. The second-order valence-electron chi connectivity index (χ2n) is 9.57. The zero-order valence-corrected chi connectivity index (χ0v) is 23.1. The molecule has 0 aliphatic heterocycles. The molecule has 6 rings (SSSR count). The molecule has 0 fully saturated rings. The average molecular weight is 570 g/mol. The third-order valence-electron chi connectivity index (χ3n) is 6.96. The van der Waals surface area contributed by atoms with Gasteiger partial charge in [-0.2, -0.15) is 0 Å². The number of amides is 1. The Morgan fingerprint density at radius 3 is 2.32 bits per heavy atom. The molecule has 8 nitrogen and oxygen atoms in total. The summed E-state index contributed by atoms with van der Waals surface area (Å²) in [6, 6.07) is 22.1. The number of halogens is 1. The van der Waals surface area contributed by atoms with Crippen LogP contribution in [0.5, 0.6) is 0 Å². The van der Waals surface area contributed by atoms with Gasteiger partial charge in [0.05, 0.1) is 17.5 Å². The van der Waals surface area contributed by atoms with Crippen LogP contribution in [0.2, 0.25) is 0 Å². The van der Waals surface area contributed by atoms with Crippen LogP contribution < -0.4 is 9.62 Å². The van der Waals surface area contributed by atoms with E-state index < -0.39 is 21.7 Å². The van der Waals surface area contributed by atoms with Crippen molar-refractivity contribution < 1.29 is 26.4 Å². The lowest BCUT2D eigenvalue weighted by Crippen LogP contribution is -2.25. The Balaban J connectivity index is 1.55. The van der Waals surface area contributed by atoms with E-state index >= 15 is 0 Å². The second kappa shape index (κ2) is 9.90. The molecule has 3 heterocycles. The van der Waals surface area contributed by atoms with Crippen LogP contribution in [0.3, 0.4) is 0 Å². The zero-order chi connectivity index (χ0) is 28.9. The van der Waals surface area contributed by atoms with Crippen LogP contribution in [0.4, 0.5) is 10.1 Å². The molecule has 0 atom stereocenters. The largest absolute Gasteiger partial charge is 0.455 e. The van der Waals surface area contributed by atoms with Crippen LogP contribution in [-0.2, 0) is 10.0 Å². The van der Waals surface area contributed by atoms with Crippen molar-refractivity contribution in [3.8, 4) is 33.9 Å². The number of nitrogens with zero attached hydrogens (tertiary/aromatic N) is 2. The predicted octanol–water partition coefficient (Wildman–Crippen LogP) is 6.47. The molecular weight excluding hydrogens is 545 g/mol. The van der Waals surface area contributed by atoms with E-state index in [0.29, 0.717) is 44.8 Å². The molecule has 0 aliphatic rings. The van der Waals surface area contributed by atoms with Crippen molar-refractivity contribution in [3.63, 3.8) is 0 Å². The number of hydrogen-bond acceptors (Lipinski definition) is 6. The number of fused-ring (bicyclic) bond motifs is 2. The van der Waals surface area contributed by atoms with Gasteiger partial charge in [-0.3, -0.25) is 14.1 Å². The van der Waals surface area contributed by atoms with E-state index in [9.17, 15) is 17.6 Å². The highest BCUT2D eigenvalue weighted by atomic mass is 32.2. The Morgan fingerprint density at radius 1 is 0.927 bits per heavy atom. The van der Waals surface area contributed by atoms with Gasteiger partial charge in [-0.15, -0.1) is 0 Å². The van der Waals surface area contributed by atoms with Gasteiger partial charge in [-0.25, -0.2) is 12.8 Å². The van der Waals surface area contributed by atoms with E-state index in [0.717, 1.165) is 21.5 Å². The Hall–Kier alpha value is -4.96. The van der Waals surface area contributed by atoms with Crippen LogP contribution in [0.15, 0.2) is 93.9 Å². The highest BCUT2D eigenvalue weighted by molar-refractivity contribution is 7.92. The van der Waals surface area contributed by atoms with Gasteiger partial charge in [0.1, 0.15) is 28.4 Å². The van der Waals surface area contributed by atoms with Crippen molar-refractivity contribution >= 4 is 43.6 Å². The monoisotopic (exact) mass is 569 g/mol. The molecule has 41 heavy (non-hydrogen) atoms. The fourth-order valence-corrected chi connectivity index (χ4v) is 5.27. The molecule has 0 saturated heterocycles. The maximum absolute atomic E-state index is 13.6. The molecule has 0 unspecified atom stereocenters. The molecule has 6 aromatic rings. The summed E-state index contributed by atoms with van der Waals surface area (Å²) in [4.78, 5) is 17.7. The fraction of sp³-hybridized carbons (Fsp3) is 0.0968. The van der Waals surface area contributed by atoms with Crippen molar-refractivity contribution in [2.24, 2.45) is 0 Å². The van der Waals surface area contributed by atoms with Crippen molar-refractivity contribution in [3.05, 3.63) is 96.4 Å². The molecule has 0 saturated carbocycles. The molecule has 0 spiro atoms. The number of sulfonamides is 1. The number of aromatic nitrogens is 1. The van der Waals surface area contributed by atoms with Gasteiger partial charge in [0.2, 0.25) is 10.0 Å². The minimum absolute atomic E-state index is 0.239. The quantitative estimate of drug-likeness (QED) is 0.247. The standard InChI is InChI=1S/C31H24FN3O5S/c1-33-31(36)29-23-15-22(20-10-13-24(34-17-20)28-14-19-6-4-5-7-26(19)39-28)25(35(2)41(3,37)38)16-27(23)40-30(29)18-8-11-21(32)12-9-18/h4-17H,1-3H3,(H,33,36). The summed E-state index contributed by atoms with van der Waals surface area (Å²) in [5, 5.41) is 4.05. The van der Waals surface area contributed by atoms with Crippen molar-refractivity contribution in [1.29, 1.82) is 0 Å². The molecule has 1 N–H and O–H groups in total. The van der Waals surface area contributed by atoms with Crippen LogP contribution in [0.25, 0.3) is 55.8 Å². The van der Waals surface area contributed by atoms with Gasteiger partial charge in [0.25, 0.3) is 5.91 Å². The Bertz CT molecular complexity index is 2010. The molecule has 0 aliphatic carbocycles. The summed E-state index contributed by atoms with van der Waals surface area (Å²) in [6.45, 7) is 0. The van der Waals surface area contributed by atoms with Crippen molar-refractivity contribution in [2.75, 3.05) is 24.7 Å². The fourth-order valence-electron chi connectivity index (χ4n) is 4.76. The number of rotatable bonds is 6. The minimum atomic E-state index is -3.67. The molecule has 0 bridgehead atoms. The highest BCUT2D eigenvalue weighted by Crippen LogP contribution is 2.41. The molecular formula is C31H24FN3O5S. The van der Waals surface area contributed by atoms with Crippen LogP contribution >= 0.6 is 0 Å². The highest BCUT2D eigenvalue weighted by Gasteiger charge is 2.26. The van der Waals surface area contributed by atoms with Crippen LogP contribution in [0, 0.1) is 5.82 Å². The summed E-state index contributed by atoms with van der Waals surface area (Å²) in [5.74, 6) is 0.00562. The maximum Gasteiger partial charge on any atom is 0.255 e. The number of anilines is 1. The van der Waals surface area contributed by atoms with Gasteiger partial charge in [-0.05, 0) is 48.5 Å². The number of hydrogen-bond donors (Lipinski definition) is 1. The topological polar surface area (TPSA) is 106 Å². The maximum atomic E-state index is 13.6. The average Bonchev–Trinajstić information content (AvgIpc) is 3.57. The lowest BCUT2D eigenvalue weighted by Gasteiger charge is -2.20. The number of pyridine rings is 1. The normalized spacial score (nSPS) is 11.7. The zero-order valence-electron chi connectivity index (χ0n) is 22.3. The van der Waals surface area contributed by atoms with Gasteiger partial charge in [0, 0.05) is 53.8 Å². The van der Waals surface area contributed by atoms with Crippen molar-refractivity contribution in [1.82, 2.24) is 10.3 Å². The van der Waals surface area contributed by atoms with E-state index in [1.165, 1.54) is 38.4 Å². The van der Waals surface area contributed by atoms with E-state index in [1.807, 2.05) is 36.4 Å². The van der Waals surface area contributed by atoms with Gasteiger partial charge >= 0.3 is 0 Å². The predicted molar refractivity (Wildman–Crippen MR) is 157 cm³/mol. The Morgan fingerprint density at radius 2 is 1.66 bits per heavy atom. The Labute approximate surface area is 235 Å². The van der Waals surface area contributed by atoms with E-state index in [4.69, 9.17) is 8.83 Å². The van der Waals surface area contributed by atoms with E-state index in [1.54, 1.807) is 24.4 Å². The van der Waals surface area contributed by atoms with Crippen LogP contribution in [0.1, 0.15) is 10.4 Å². The molecule has 3 aromatic carbocycles. The first-order valence-electron chi connectivity index (χ1n) is 12.6. The number of carbonyl (C=O) groups excluding carboxylic acids is 1. The third kappa shape index (κ3) is 4.72. The number of furan rings is 2. The van der Waals surface area contributed by atoms with Gasteiger partial charge in [0.15, 0.2) is 5.76 Å². The van der Waals surface area contributed by atoms with Crippen LogP contribution in [-0.4, -0.2) is 39.7 Å². The summed E-state index contributed by atoms with van der Waals surface area (Å²) in [5.41, 5.74) is 3.86. The number of benzene rings is 3. The summed E-state index contributed by atoms with van der Waals surface area (Å²) >= 11 is 0. The first kappa shape index (κ1) is 26.3. The van der Waals surface area contributed by atoms with Crippen molar-refractivity contribution in [2.45, 2.75) is 0 Å². The number of carbonyl (C=O) groups is 1. The second-order valence-corrected chi connectivity index (χ2v) is 11.6. The van der Waals surface area contributed by atoms with E-state index in [-0.39, 0.29) is 11.3 Å². The van der Waals surface area contributed by atoms with Gasteiger partial charge in [-0.1, -0.05) is 24.3 Å². The summed E-state index contributed by atoms with van der Waals surface area (Å²) < 4.78 is 52.1. The number of para-hydroxylation sites is 1. The SMILES string of the molecule is CNC(=O)c1c(-c2ccc(F)cc2)oc2cc(N(C)S(C)(=O)=O)c(-c3ccc(-c4cc5ccccc5o4)nc3)cc12. The molecule has 3 aromatic heterocycles. The molecule has 206 valence electrons. The minimum Gasteiger partial charge on any atom is -0.455 e. The molecule has 1 amide bonds. The van der Waals surface area contributed by atoms with Gasteiger partial charge < -0.3 is 14.2 Å². The lowest BCUT2D eigenvalue weighted by atomic mass is 9.99. The van der Waals surface area contributed by atoms with E-state index in [2.05, 4.69) is 10.3 Å².